The van der Waals surface area contributed by atoms with Crippen LogP contribution in [-0.4, -0.2) is 31.5 Å². The number of rotatable bonds is 9. The Labute approximate surface area is 115 Å². The smallest absolute Gasteiger partial charge is 0.165 e. The summed E-state index contributed by atoms with van der Waals surface area (Å²) in [6.07, 6.45) is 0. The van der Waals surface area contributed by atoms with E-state index in [0.29, 0.717) is 12.5 Å². The highest BCUT2D eigenvalue weighted by Crippen LogP contribution is 2.31. The highest BCUT2D eigenvalue weighted by molar-refractivity contribution is 5.46. The summed E-state index contributed by atoms with van der Waals surface area (Å²) < 4.78 is 11.2. The molecule has 1 aromatic carbocycles. The molecule has 0 fully saturated rings. The summed E-state index contributed by atoms with van der Waals surface area (Å²) >= 11 is 0. The predicted molar refractivity (Wildman–Crippen MR) is 76.7 cm³/mol. The van der Waals surface area contributed by atoms with Gasteiger partial charge in [-0.1, -0.05) is 26.0 Å². The molecule has 4 heteroatoms. The molecule has 108 valence electrons. The maximum atomic E-state index is 8.91. The molecular formula is C15H25NO3. The molecule has 0 aliphatic heterocycles. The first-order valence-electron chi connectivity index (χ1n) is 6.88. The van der Waals surface area contributed by atoms with E-state index in [1.54, 1.807) is 0 Å². The normalized spacial score (nSPS) is 10.8. The average Bonchev–Trinajstić information content (AvgIpc) is 2.38. The van der Waals surface area contributed by atoms with E-state index in [1.165, 1.54) is 0 Å². The van der Waals surface area contributed by atoms with Gasteiger partial charge in [-0.05, 0) is 25.5 Å². The van der Waals surface area contributed by atoms with Crippen LogP contribution < -0.4 is 14.8 Å². The molecule has 0 amide bonds. The minimum Gasteiger partial charge on any atom is -0.490 e. The van der Waals surface area contributed by atoms with Gasteiger partial charge in [-0.15, -0.1) is 0 Å². The van der Waals surface area contributed by atoms with Gasteiger partial charge in [0.2, 0.25) is 0 Å². The van der Waals surface area contributed by atoms with Gasteiger partial charge in [-0.3, -0.25) is 0 Å². The maximum absolute atomic E-state index is 8.91. The molecule has 1 aromatic rings. The Morgan fingerprint density at radius 2 is 2.05 bits per heavy atom. The summed E-state index contributed by atoms with van der Waals surface area (Å²) in [5.74, 6) is 2.08. The van der Waals surface area contributed by atoms with Crippen LogP contribution in [0.1, 0.15) is 26.3 Å². The van der Waals surface area contributed by atoms with Gasteiger partial charge < -0.3 is 19.9 Å². The number of ether oxygens (including phenoxy) is 2. The van der Waals surface area contributed by atoms with E-state index in [0.717, 1.165) is 30.2 Å². The predicted octanol–water partition coefficient (Wildman–Crippen LogP) is 2.20. The average molecular weight is 267 g/mol. The quantitative estimate of drug-likeness (QED) is 0.720. The molecule has 0 aliphatic carbocycles. The number of hydrogen-bond acceptors (Lipinski definition) is 4. The first kappa shape index (κ1) is 15.8. The van der Waals surface area contributed by atoms with Crippen molar-refractivity contribution in [2.75, 3.05) is 26.4 Å². The fourth-order valence-corrected chi connectivity index (χ4v) is 1.78. The Hall–Kier alpha value is -1.26. The second-order valence-electron chi connectivity index (χ2n) is 4.77. The molecule has 0 spiro atoms. The molecule has 4 nitrogen and oxygen atoms in total. The van der Waals surface area contributed by atoms with Crippen molar-refractivity contribution in [3.8, 4) is 11.5 Å². The van der Waals surface area contributed by atoms with Crippen LogP contribution in [0.2, 0.25) is 0 Å². The molecule has 0 radical (unpaired) electrons. The van der Waals surface area contributed by atoms with Crippen LogP contribution in [0, 0.1) is 5.92 Å². The fourth-order valence-electron chi connectivity index (χ4n) is 1.78. The number of nitrogens with one attached hydrogen (secondary N) is 1. The van der Waals surface area contributed by atoms with Crippen LogP contribution in [0.5, 0.6) is 11.5 Å². The Kier molecular flexibility index (Phi) is 7.30. The van der Waals surface area contributed by atoms with E-state index >= 15 is 0 Å². The second kappa shape index (κ2) is 8.77. The highest BCUT2D eigenvalue weighted by atomic mass is 16.5. The fraction of sp³-hybridized carbons (Fsp3) is 0.600. The number of hydrogen-bond donors (Lipinski definition) is 2. The molecule has 0 heterocycles. The first-order valence-corrected chi connectivity index (χ1v) is 6.88. The molecule has 0 unspecified atom stereocenters. The van der Waals surface area contributed by atoms with E-state index in [-0.39, 0.29) is 13.2 Å². The van der Waals surface area contributed by atoms with E-state index in [2.05, 4.69) is 19.2 Å². The van der Waals surface area contributed by atoms with E-state index in [4.69, 9.17) is 14.6 Å². The number of aliphatic hydroxyl groups excluding tert-OH is 1. The highest BCUT2D eigenvalue weighted by Gasteiger charge is 2.10. The molecule has 0 saturated carbocycles. The van der Waals surface area contributed by atoms with Crippen molar-refractivity contribution in [1.29, 1.82) is 0 Å². The lowest BCUT2D eigenvalue weighted by Gasteiger charge is -2.16. The van der Waals surface area contributed by atoms with E-state index in [1.807, 2.05) is 25.1 Å². The van der Waals surface area contributed by atoms with Gasteiger partial charge >= 0.3 is 0 Å². The number of benzene rings is 1. The van der Waals surface area contributed by atoms with Gasteiger partial charge in [-0.25, -0.2) is 0 Å². The minimum atomic E-state index is -0.000673. The molecule has 0 saturated heterocycles. The van der Waals surface area contributed by atoms with Crippen molar-refractivity contribution < 1.29 is 14.6 Å². The largest absolute Gasteiger partial charge is 0.490 e. The summed E-state index contributed by atoms with van der Waals surface area (Å²) in [6.45, 7) is 8.86. The third kappa shape index (κ3) is 5.49. The molecule has 19 heavy (non-hydrogen) atoms. The van der Waals surface area contributed by atoms with Crippen molar-refractivity contribution in [2.24, 2.45) is 5.92 Å². The van der Waals surface area contributed by atoms with Crippen LogP contribution in [0.3, 0.4) is 0 Å². The van der Waals surface area contributed by atoms with Crippen molar-refractivity contribution in [1.82, 2.24) is 5.32 Å². The Balaban J connectivity index is 2.78. The van der Waals surface area contributed by atoms with Gasteiger partial charge in [-0.2, -0.15) is 0 Å². The van der Waals surface area contributed by atoms with Gasteiger partial charge in [0.15, 0.2) is 11.5 Å². The molecule has 0 atom stereocenters. The zero-order chi connectivity index (χ0) is 14.1. The molecule has 1 rings (SSSR count). The molecule has 2 N–H and O–H groups in total. The summed E-state index contributed by atoms with van der Waals surface area (Å²) in [5, 5.41) is 12.3. The van der Waals surface area contributed by atoms with Crippen LogP contribution >= 0.6 is 0 Å². The SMILES string of the molecule is CCOc1cccc(CNCC(C)C)c1OCCO. The third-order valence-corrected chi connectivity index (χ3v) is 2.57. The number of aliphatic hydroxyl groups is 1. The topological polar surface area (TPSA) is 50.7 Å². The van der Waals surface area contributed by atoms with Crippen LogP contribution in [0.4, 0.5) is 0 Å². The van der Waals surface area contributed by atoms with Gasteiger partial charge in [0.05, 0.1) is 13.2 Å². The third-order valence-electron chi connectivity index (χ3n) is 2.57. The monoisotopic (exact) mass is 267 g/mol. The number of para-hydroxylation sites is 1. The van der Waals surface area contributed by atoms with Crippen LogP contribution in [-0.2, 0) is 6.54 Å². The standard InChI is InChI=1S/C15H25NO3/c1-4-18-14-7-5-6-13(11-16-10-12(2)3)15(14)19-9-8-17/h5-7,12,16-17H,4,8-11H2,1-3H3. The maximum Gasteiger partial charge on any atom is 0.165 e. The first-order chi connectivity index (χ1) is 9.19. The summed E-state index contributed by atoms with van der Waals surface area (Å²) in [6, 6.07) is 5.87. The lowest BCUT2D eigenvalue weighted by molar-refractivity contribution is 0.193. The van der Waals surface area contributed by atoms with Crippen molar-refractivity contribution in [3.63, 3.8) is 0 Å². The Morgan fingerprint density at radius 1 is 1.26 bits per heavy atom. The summed E-state index contributed by atoms with van der Waals surface area (Å²) in [7, 11) is 0. The summed E-state index contributed by atoms with van der Waals surface area (Å²) in [4.78, 5) is 0. The van der Waals surface area contributed by atoms with Crippen molar-refractivity contribution in [3.05, 3.63) is 23.8 Å². The van der Waals surface area contributed by atoms with Crippen molar-refractivity contribution >= 4 is 0 Å². The molecule has 0 bridgehead atoms. The summed E-state index contributed by atoms with van der Waals surface area (Å²) in [5.41, 5.74) is 1.06. The zero-order valence-electron chi connectivity index (χ0n) is 12.1. The zero-order valence-corrected chi connectivity index (χ0v) is 12.1. The molecule has 0 aromatic heterocycles. The van der Waals surface area contributed by atoms with Crippen LogP contribution in [0.15, 0.2) is 18.2 Å². The van der Waals surface area contributed by atoms with Crippen molar-refractivity contribution in [2.45, 2.75) is 27.3 Å². The molecular weight excluding hydrogens is 242 g/mol. The Bertz CT molecular complexity index is 366. The lowest BCUT2D eigenvalue weighted by Crippen LogP contribution is -2.19. The molecule has 0 aliphatic rings. The van der Waals surface area contributed by atoms with Crippen LogP contribution in [0.25, 0.3) is 0 Å². The Morgan fingerprint density at radius 3 is 2.68 bits per heavy atom. The van der Waals surface area contributed by atoms with E-state index in [9.17, 15) is 0 Å². The minimum absolute atomic E-state index is 0.000673. The van der Waals surface area contributed by atoms with Gasteiger partial charge in [0.1, 0.15) is 6.61 Å². The van der Waals surface area contributed by atoms with Gasteiger partial charge in [0, 0.05) is 12.1 Å². The lowest BCUT2D eigenvalue weighted by atomic mass is 10.1. The van der Waals surface area contributed by atoms with E-state index < -0.39 is 0 Å². The second-order valence-corrected chi connectivity index (χ2v) is 4.77. The van der Waals surface area contributed by atoms with Gasteiger partial charge in [0.25, 0.3) is 0 Å².